The van der Waals surface area contributed by atoms with Gasteiger partial charge in [0.1, 0.15) is 17.3 Å². The lowest BCUT2D eigenvalue weighted by Crippen LogP contribution is -2.06. The highest BCUT2D eigenvalue weighted by Crippen LogP contribution is 2.24. The molecular weight excluding hydrogens is 312 g/mol. The number of ether oxygens (including phenoxy) is 1. The van der Waals surface area contributed by atoms with E-state index >= 15 is 0 Å². The molecule has 0 aliphatic carbocycles. The molecule has 128 valence electrons. The highest BCUT2D eigenvalue weighted by molar-refractivity contribution is 5.56. The molecule has 5 heteroatoms. The Balaban J connectivity index is 1.68. The van der Waals surface area contributed by atoms with E-state index in [1.807, 2.05) is 67.6 Å². The zero-order valence-corrected chi connectivity index (χ0v) is 14.5. The van der Waals surface area contributed by atoms with Crippen molar-refractivity contribution in [2.75, 3.05) is 17.2 Å². The second-order valence-corrected chi connectivity index (χ2v) is 5.71. The van der Waals surface area contributed by atoms with E-state index in [4.69, 9.17) is 4.74 Å². The highest BCUT2D eigenvalue weighted by Gasteiger charge is 2.03. The van der Waals surface area contributed by atoms with E-state index in [1.54, 1.807) is 0 Å². The second-order valence-electron chi connectivity index (χ2n) is 5.71. The first kappa shape index (κ1) is 16.8. The zero-order chi connectivity index (χ0) is 17.5. The normalized spacial score (nSPS) is 10.3. The molecule has 0 radical (unpaired) electrons. The van der Waals surface area contributed by atoms with E-state index in [9.17, 15) is 0 Å². The van der Waals surface area contributed by atoms with Gasteiger partial charge in [0.25, 0.3) is 0 Å². The van der Waals surface area contributed by atoms with Gasteiger partial charge in [-0.3, -0.25) is 0 Å². The Morgan fingerprint density at radius 2 is 1.64 bits per heavy atom. The van der Waals surface area contributed by atoms with Crippen LogP contribution in [0.4, 0.5) is 17.5 Å². The van der Waals surface area contributed by atoms with Crippen LogP contribution in [-0.2, 0) is 0 Å². The minimum absolute atomic E-state index is 0.579. The fourth-order valence-electron chi connectivity index (χ4n) is 2.33. The Kier molecular flexibility index (Phi) is 5.46. The molecule has 0 aliphatic heterocycles. The molecule has 3 rings (SSSR count). The lowest BCUT2D eigenvalue weighted by Gasteiger charge is -2.10. The van der Waals surface area contributed by atoms with Gasteiger partial charge in [-0.1, -0.05) is 25.1 Å². The number of para-hydroxylation sites is 1. The lowest BCUT2D eigenvalue weighted by molar-refractivity contribution is 0.483. The Morgan fingerprint density at radius 1 is 0.920 bits per heavy atom. The SMILES string of the molecule is CCCNc1cc(C)nc(Nc2ccc(Oc3ccccc3)cc2)n1. The van der Waals surface area contributed by atoms with Crippen molar-refractivity contribution in [1.82, 2.24) is 9.97 Å². The number of anilines is 3. The van der Waals surface area contributed by atoms with Crippen molar-refractivity contribution >= 4 is 17.5 Å². The van der Waals surface area contributed by atoms with Crippen molar-refractivity contribution in [2.45, 2.75) is 20.3 Å². The molecule has 2 aromatic carbocycles. The molecule has 2 N–H and O–H groups in total. The lowest BCUT2D eigenvalue weighted by atomic mass is 10.3. The number of aryl methyl sites for hydroxylation is 1. The predicted molar refractivity (Wildman–Crippen MR) is 102 cm³/mol. The molecule has 0 fully saturated rings. The van der Waals surface area contributed by atoms with E-state index in [2.05, 4.69) is 27.5 Å². The number of rotatable bonds is 7. The summed E-state index contributed by atoms with van der Waals surface area (Å²) in [6.07, 6.45) is 1.05. The van der Waals surface area contributed by atoms with Crippen LogP contribution < -0.4 is 15.4 Å². The summed E-state index contributed by atoms with van der Waals surface area (Å²) in [5.74, 6) is 3.01. The van der Waals surface area contributed by atoms with E-state index in [1.165, 1.54) is 0 Å². The number of benzene rings is 2. The molecule has 0 amide bonds. The summed E-state index contributed by atoms with van der Waals surface area (Å²) < 4.78 is 5.80. The summed E-state index contributed by atoms with van der Waals surface area (Å²) in [5.41, 5.74) is 1.83. The molecule has 1 aromatic heterocycles. The van der Waals surface area contributed by atoms with Gasteiger partial charge in [-0.25, -0.2) is 4.98 Å². The van der Waals surface area contributed by atoms with Crippen molar-refractivity contribution in [1.29, 1.82) is 0 Å². The summed E-state index contributed by atoms with van der Waals surface area (Å²) in [4.78, 5) is 8.93. The largest absolute Gasteiger partial charge is 0.457 e. The number of hydrogen-bond acceptors (Lipinski definition) is 5. The van der Waals surface area contributed by atoms with Crippen molar-refractivity contribution < 1.29 is 4.74 Å². The van der Waals surface area contributed by atoms with Gasteiger partial charge in [0, 0.05) is 24.0 Å². The number of hydrogen-bond donors (Lipinski definition) is 2. The Labute approximate surface area is 148 Å². The van der Waals surface area contributed by atoms with Crippen LogP contribution in [0.15, 0.2) is 60.7 Å². The van der Waals surface area contributed by atoms with Crippen molar-refractivity contribution in [3.8, 4) is 11.5 Å². The van der Waals surface area contributed by atoms with Crippen LogP contribution in [0.25, 0.3) is 0 Å². The van der Waals surface area contributed by atoms with E-state index in [-0.39, 0.29) is 0 Å². The smallest absolute Gasteiger partial charge is 0.229 e. The molecule has 0 atom stereocenters. The molecule has 1 heterocycles. The molecule has 0 spiro atoms. The van der Waals surface area contributed by atoms with E-state index in [0.717, 1.165) is 41.7 Å². The molecule has 0 aliphatic rings. The molecular formula is C20H22N4O. The monoisotopic (exact) mass is 334 g/mol. The van der Waals surface area contributed by atoms with E-state index in [0.29, 0.717) is 5.95 Å². The molecule has 0 saturated carbocycles. The first-order valence-electron chi connectivity index (χ1n) is 8.42. The van der Waals surface area contributed by atoms with Gasteiger partial charge in [0.15, 0.2) is 0 Å². The minimum atomic E-state index is 0.579. The van der Waals surface area contributed by atoms with Gasteiger partial charge in [-0.05, 0) is 49.7 Å². The average Bonchev–Trinajstić information content (AvgIpc) is 2.62. The van der Waals surface area contributed by atoms with Crippen molar-refractivity contribution in [3.05, 3.63) is 66.4 Å². The fraction of sp³-hybridized carbons (Fsp3) is 0.200. The number of nitrogens with zero attached hydrogens (tertiary/aromatic N) is 2. The summed E-state index contributed by atoms with van der Waals surface area (Å²) in [6.45, 7) is 4.97. The van der Waals surface area contributed by atoms with Crippen LogP contribution in [0.2, 0.25) is 0 Å². The van der Waals surface area contributed by atoms with Gasteiger partial charge in [0.05, 0.1) is 0 Å². The molecule has 5 nitrogen and oxygen atoms in total. The van der Waals surface area contributed by atoms with Crippen LogP contribution >= 0.6 is 0 Å². The third-order valence-corrected chi connectivity index (χ3v) is 3.50. The van der Waals surface area contributed by atoms with Gasteiger partial charge in [-0.15, -0.1) is 0 Å². The third-order valence-electron chi connectivity index (χ3n) is 3.50. The van der Waals surface area contributed by atoms with Gasteiger partial charge in [-0.2, -0.15) is 4.98 Å². The first-order chi connectivity index (χ1) is 12.2. The molecule has 3 aromatic rings. The minimum Gasteiger partial charge on any atom is -0.457 e. The summed E-state index contributed by atoms with van der Waals surface area (Å²) in [7, 11) is 0. The molecule has 25 heavy (non-hydrogen) atoms. The quantitative estimate of drug-likeness (QED) is 0.626. The fourth-order valence-corrected chi connectivity index (χ4v) is 2.33. The van der Waals surface area contributed by atoms with Crippen LogP contribution in [0.1, 0.15) is 19.0 Å². The van der Waals surface area contributed by atoms with Crippen LogP contribution in [0, 0.1) is 6.92 Å². The van der Waals surface area contributed by atoms with Crippen molar-refractivity contribution in [2.24, 2.45) is 0 Å². The maximum absolute atomic E-state index is 5.80. The summed E-state index contributed by atoms with van der Waals surface area (Å²) in [6, 6.07) is 19.4. The topological polar surface area (TPSA) is 59.1 Å². The summed E-state index contributed by atoms with van der Waals surface area (Å²) >= 11 is 0. The number of aromatic nitrogens is 2. The number of nitrogens with one attached hydrogen (secondary N) is 2. The predicted octanol–water partition coefficient (Wildman–Crippen LogP) is 5.14. The average molecular weight is 334 g/mol. The Bertz CT molecular complexity index is 804. The highest BCUT2D eigenvalue weighted by atomic mass is 16.5. The standard InChI is InChI=1S/C20H22N4O/c1-3-13-21-19-14-15(2)22-20(24-19)23-16-9-11-18(12-10-16)25-17-7-5-4-6-8-17/h4-12,14H,3,13H2,1-2H3,(H2,21,22,23,24). The van der Waals surface area contributed by atoms with Crippen LogP contribution in [0.3, 0.4) is 0 Å². The van der Waals surface area contributed by atoms with Gasteiger partial charge < -0.3 is 15.4 Å². The Hall–Kier alpha value is -3.08. The maximum atomic E-state index is 5.80. The zero-order valence-electron chi connectivity index (χ0n) is 14.5. The molecule has 0 saturated heterocycles. The Morgan fingerprint density at radius 3 is 2.36 bits per heavy atom. The van der Waals surface area contributed by atoms with E-state index < -0.39 is 0 Å². The molecule has 0 bridgehead atoms. The van der Waals surface area contributed by atoms with Crippen LogP contribution in [0.5, 0.6) is 11.5 Å². The first-order valence-corrected chi connectivity index (χ1v) is 8.42. The third kappa shape index (κ3) is 4.94. The molecule has 0 unspecified atom stereocenters. The van der Waals surface area contributed by atoms with Gasteiger partial charge in [0.2, 0.25) is 5.95 Å². The second kappa shape index (κ2) is 8.15. The van der Waals surface area contributed by atoms with Crippen LogP contribution in [-0.4, -0.2) is 16.5 Å². The summed E-state index contributed by atoms with van der Waals surface area (Å²) in [5, 5.41) is 6.52. The van der Waals surface area contributed by atoms with Crippen molar-refractivity contribution in [3.63, 3.8) is 0 Å². The van der Waals surface area contributed by atoms with Gasteiger partial charge >= 0.3 is 0 Å². The maximum Gasteiger partial charge on any atom is 0.229 e.